The van der Waals surface area contributed by atoms with Crippen LogP contribution in [0.25, 0.3) is 0 Å². The molecule has 0 saturated carbocycles. The highest BCUT2D eigenvalue weighted by Gasteiger charge is 2.22. The Bertz CT molecular complexity index is 660. The number of hydrogen-bond donors (Lipinski definition) is 0. The normalized spacial score (nSPS) is 14.0. The molecule has 1 aromatic heterocycles. The average Bonchev–Trinajstić information content (AvgIpc) is 3.00. The maximum absolute atomic E-state index is 12.5. The summed E-state index contributed by atoms with van der Waals surface area (Å²) < 4.78 is 5.48. The third kappa shape index (κ3) is 3.47. The van der Waals surface area contributed by atoms with E-state index in [4.69, 9.17) is 4.42 Å². The molecule has 1 aliphatic heterocycles. The molecule has 0 fully saturated rings. The van der Waals surface area contributed by atoms with Crippen LogP contribution < -0.4 is 4.90 Å². The molecule has 0 N–H and O–H groups in total. The van der Waals surface area contributed by atoms with Crippen LogP contribution in [0.2, 0.25) is 0 Å². The summed E-state index contributed by atoms with van der Waals surface area (Å²) in [5.41, 5.74) is 2.28. The molecule has 0 radical (unpaired) electrons. The fourth-order valence-electron chi connectivity index (χ4n) is 2.47. The number of rotatable bonds is 5. The maximum Gasteiger partial charge on any atom is 0.277 e. The van der Waals surface area contributed by atoms with Crippen LogP contribution >= 0.6 is 23.5 Å². The quantitative estimate of drug-likeness (QED) is 0.783. The number of para-hydroxylation sites is 1. The fourth-order valence-corrected chi connectivity index (χ4v) is 3.49. The van der Waals surface area contributed by atoms with Crippen LogP contribution in [0, 0.1) is 0 Å². The van der Waals surface area contributed by atoms with E-state index in [-0.39, 0.29) is 5.91 Å². The van der Waals surface area contributed by atoms with Crippen molar-refractivity contribution < 1.29 is 9.21 Å². The van der Waals surface area contributed by atoms with Gasteiger partial charge in [0.2, 0.25) is 11.8 Å². The number of fused-ring (bicyclic) bond motifs is 1. The molecule has 0 spiro atoms. The van der Waals surface area contributed by atoms with Crippen molar-refractivity contribution in [3.05, 3.63) is 35.7 Å². The summed E-state index contributed by atoms with van der Waals surface area (Å²) >= 11 is 2.93. The Morgan fingerprint density at radius 1 is 1.36 bits per heavy atom. The SMILES string of the molecule is CSCc1nnc(SCC(=O)N2CCCc3ccccc32)o1. The summed E-state index contributed by atoms with van der Waals surface area (Å²) in [5, 5.41) is 8.37. The van der Waals surface area contributed by atoms with Crippen molar-refractivity contribution >= 4 is 35.1 Å². The van der Waals surface area contributed by atoms with Crippen molar-refractivity contribution in [2.75, 3.05) is 23.5 Å². The van der Waals surface area contributed by atoms with Crippen molar-refractivity contribution in [3.8, 4) is 0 Å². The number of carbonyl (C=O) groups is 1. The third-order valence-electron chi connectivity index (χ3n) is 3.45. The molecule has 2 aromatic rings. The van der Waals surface area contributed by atoms with Gasteiger partial charge in [0.05, 0.1) is 11.5 Å². The average molecular weight is 335 g/mol. The van der Waals surface area contributed by atoms with E-state index < -0.39 is 0 Å². The standard InChI is InChI=1S/C15H17N3O2S2/c1-21-9-13-16-17-15(20-13)22-10-14(19)18-8-4-6-11-5-2-3-7-12(11)18/h2-3,5,7H,4,6,8-10H2,1H3. The molecular formula is C15H17N3O2S2. The van der Waals surface area contributed by atoms with Crippen LogP contribution in [0.15, 0.2) is 33.9 Å². The third-order valence-corrected chi connectivity index (χ3v) is 4.79. The summed E-state index contributed by atoms with van der Waals surface area (Å²) in [7, 11) is 0. The smallest absolute Gasteiger partial charge is 0.277 e. The molecule has 1 aliphatic rings. The minimum atomic E-state index is 0.0850. The molecule has 1 amide bonds. The van der Waals surface area contributed by atoms with Crippen LogP contribution in [-0.4, -0.2) is 34.7 Å². The molecule has 0 atom stereocenters. The van der Waals surface area contributed by atoms with Gasteiger partial charge >= 0.3 is 0 Å². The number of amides is 1. The van der Waals surface area contributed by atoms with E-state index in [9.17, 15) is 4.79 Å². The summed E-state index contributed by atoms with van der Waals surface area (Å²) in [4.78, 5) is 14.3. The lowest BCUT2D eigenvalue weighted by atomic mass is 10.0. The molecular weight excluding hydrogens is 318 g/mol. The summed E-state index contributed by atoms with van der Waals surface area (Å²) in [6.45, 7) is 0.776. The highest BCUT2D eigenvalue weighted by Crippen LogP contribution is 2.28. The Hall–Kier alpha value is -1.47. The Kier molecular flexibility index (Phi) is 5.04. The van der Waals surface area contributed by atoms with Gasteiger partial charge in [0.1, 0.15) is 0 Å². The molecule has 22 heavy (non-hydrogen) atoms. The number of aromatic nitrogens is 2. The maximum atomic E-state index is 12.5. The minimum absolute atomic E-state index is 0.0850. The Morgan fingerprint density at radius 3 is 3.09 bits per heavy atom. The predicted octanol–water partition coefficient (Wildman–Crippen LogP) is 3.00. The lowest BCUT2D eigenvalue weighted by Crippen LogP contribution is -2.36. The first-order valence-electron chi connectivity index (χ1n) is 7.10. The van der Waals surface area contributed by atoms with Crippen molar-refractivity contribution in [1.82, 2.24) is 10.2 Å². The molecule has 3 rings (SSSR count). The van der Waals surface area contributed by atoms with E-state index >= 15 is 0 Å². The van der Waals surface area contributed by atoms with E-state index in [1.54, 1.807) is 11.8 Å². The van der Waals surface area contributed by atoms with E-state index in [0.29, 0.717) is 22.6 Å². The summed E-state index contributed by atoms with van der Waals surface area (Å²) in [5.74, 6) is 1.70. The van der Waals surface area contributed by atoms with Crippen molar-refractivity contribution in [2.45, 2.75) is 23.8 Å². The number of hydrogen-bond acceptors (Lipinski definition) is 6. The van der Waals surface area contributed by atoms with Crippen molar-refractivity contribution in [2.24, 2.45) is 0 Å². The van der Waals surface area contributed by atoms with Gasteiger partial charge in [0.15, 0.2) is 0 Å². The molecule has 0 unspecified atom stereocenters. The number of nitrogens with zero attached hydrogens (tertiary/aromatic N) is 3. The second kappa shape index (κ2) is 7.19. The van der Waals surface area contributed by atoms with Gasteiger partial charge in [-0.3, -0.25) is 4.79 Å². The summed E-state index contributed by atoms with van der Waals surface area (Å²) in [6, 6.07) is 8.10. The zero-order valence-corrected chi connectivity index (χ0v) is 14.0. The fraction of sp³-hybridized carbons (Fsp3) is 0.400. The first-order chi connectivity index (χ1) is 10.8. The van der Waals surface area contributed by atoms with Gasteiger partial charge in [0.25, 0.3) is 5.22 Å². The van der Waals surface area contributed by atoms with Gasteiger partial charge in [-0.2, -0.15) is 11.8 Å². The van der Waals surface area contributed by atoms with Crippen LogP contribution in [0.1, 0.15) is 17.9 Å². The van der Waals surface area contributed by atoms with Gasteiger partial charge in [-0.05, 0) is 30.7 Å². The second-order valence-electron chi connectivity index (χ2n) is 4.96. The number of carbonyl (C=O) groups excluding carboxylic acids is 1. The highest BCUT2D eigenvalue weighted by atomic mass is 32.2. The molecule has 116 valence electrons. The summed E-state index contributed by atoms with van der Waals surface area (Å²) in [6.07, 6.45) is 4.02. The topological polar surface area (TPSA) is 59.2 Å². The van der Waals surface area contributed by atoms with Crippen LogP contribution in [0.5, 0.6) is 0 Å². The zero-order chi connectivity index (χ0) is 15.4. The lowest BCUT2D eigenvalue weighted by Gasteiger charge is -2.29. The number of aryl methyl sites for hydroxylation is 1. The number of anilines is 1. The van der Waals surface area contributed by atoms with Gasteiger partial charge in [0, 0.05) is 12.2 Å². The Morgan fingerprint density at radius 2 is 2.23 bits per heavy atom. The molecule has 1 aromatic carbocycles. The lowest BCUT2D eigenvalue weighted by molar-refractivity contribution is -0.116. The monoisotopic (exact) mass is 335 g/mol. The first-order valence-corrected chi connectivity index (χ1v) is 9.48. The molecule has 5 nitrogen and oxygen atoms in total. The van der Waals surface area contributed by atoms with Crippen molar-refractivity contribution in [1.29, 1.82) is 0 Å². The Labute approximate surface area is 137 Å². The zero-order valence-electron chi connectivity index (χ0n) is 12.3. The van der Waals surface area contributed by atoms with E-state index in [1.165, 1.54) is 17.3 Å². The van der Waals surface area contributed by atoms with E-state index in [0.717, 1.165) is 25.1 Å². The molecule has 7 heteroatoms. The first kappa shape index (κ1) is 15.4. The molecule has 0 saturated heterocycles. The number of benzene rings is 1. The predicted molar refractivity (Wildman–Crippen MR) is 89.4 cm³/mol. The highest BCUT2D eigenvalue weighted by molar-refractivity contribution is 7.99. The molecule has 2 heterocycles. The minimum Gasteiger partial charge on any atom is -0.415 e. The second-order valence-corrected chi connectivity index (χ2v) is 6.75. The molecule has 0 aliphatic carbocycles. The van der Waals surface area contributed by atoms with Crippen molar-refractivity contribution in [3.63, 3.8) is 0 Å². The van der Waals surface area contributed by atoms with Crippen LogP contribution in [0.3, 0.4) is 0 Å². The van der Waals surface area contributed by atoms with E-state index in [2.05, 4.69) is 16.3 Å². The largest absolute Gasteiger partial charge is 0.415 e. The van der Waals surface area contributed by atoms with E-state index in [1.807, 2.05) is 29.4 Å². The Balaban J connectivity index is 1.63. The number of thioether (sulfide) groups is 2. The van der Waals surface area contributed by atoms with Gasteiger partial charge in [-0.25, -0.2) is 0 Å². The van der Waals surface area contributed by atoms with Crippen LogP contribution in [0.4, 0.5) is 5.69 Å². The van der Waals surface area contributed by atoms with Gasteiger partial charge in [-0.1, -0.05) is 30.0 Å². The molecule has 0 bridgehead atoms. The van der Waals surface area contributed by atoms with Gasteiger partial charge < -0.3 is 9.32 Å². The van der Waals surface area contributed by atoms with Crippen LogP contribution in [-0.2, 0) is 17.0 Å². The van der Waals surface area contributed by atoms with Gasteiger partial charge in [-0.15, -0.1) is 10.2 Å².